The van der Waals surface area contributed by atoms with Crippen LogP contribution in [0.25, 0.3) is 0 Å². The smallest absolute Gasteiger partial charge is 0.0375 e. The number of hydrogen-bond acceptors (Lipinski definition) is 2. The van der Waals surface area contributed by atoms with E-state index in [1.807, 2.05) is 24.9 Å². The summed E-state index contributed by atoms with van der Waals surface area (Å²) in [4.78, 5) is 4.19. The van der Waals surface area contributed by atoms with Crippen LogP contribution in [0.3, 0.4) is 0 Å². The predicted octanol–water partition coefficient (Wildman–Crippen LogP) is 3.46. The van der Waals surface area contributed by atoms with Gasteiger partial charge in [0.15, 0.2) is 0 Å². The molecule has 0 radical (unpaired) electrons. The van der Waals surface area contributed by atoms with E-state index in [1.165, 1.54) is 11.3 Å². The topological polar surface area (TPSA) is 12.9 Å². The lowest BCUT2D eigenvalue weighted by Gasteiger charge is -2.17. The van der Waals surface area contributed by atoms with Gasteiger partial charge in [-0.05, 0) is 36.8 Å². The number of aryl methyl sites for hydroxylation is 2. The molecule has 0 aromatic carbocycles. The third kappa shape index (κ3) is 4.66. The third-order valence-electron chi connectivity index (χ3n) is 1.89. The van der Waals surface area contributed by atoms with Gasteiger partial charge in [-0.1, -0.05) is 20.8 Å². The largest absolute Gasteiger partial charge is 0.262 e. The van der Waals surface area contributed by atoms with E-state index in [-0.39, 0.29) is 0 Å². The molecule has 1 rings (SSSR count). The number of hydrogen-bond donors (Lipinski definition) is 0. The van der Waals surface area contributed by atoms with Crippen molar-refractivity contribution < 1.29 is 0 Å². The minimum Gasteiger partial charge on any atom is -0.262 e. The second-order valence-electron chi connectivity index (χ2n) is 4.52. The molecule has 14 heavy (non-hydrogen) atoms. The number of thioether (sulfide) groups is 1. The zero-order valence-corrected chi connectivity index (χ0v) is 10.3. The van der Waals surface area contributed by atoms with Gasteiger partial charge in [-0.25, -0.2) is 0 Å². The summed E-state index contributed by atoms with van der Waals surface area (Å²) in [7, 11) is 0. The fraction of sp³-hybridized carbons (Fsp3) is 0.583. The molecule has 1 aromatic rings. The van der Waals surface area contributed by atoms with Gasteiger partial charge in [0, 0.05) is 16.6 Å². The van der Waals surface area contributed by atoms with Crippen LogP contribution in [0.15, 0.2) is 18.3 Å². The molecule has 0 atom stereocenters. The van der Waals surface area contributed by atoms with Crippen LogP contribution >= 0.6 is 11.8 Å². The SMILES string of the molecule is Cc1cc(CCSC(C)(C)C)ccn1. The van der Waals surface area contributed by atoms with Crippen LogP contribution < -0.4 is 0 Å². The average molecular weight is 209 g/mol. The first-order valence-electron chi connectivity index (χ1n) is 5.03. The Bertz CT molecular complexity index is 289. The van der Waals surface area contributed by atoms with Gasteiger partial charge in [0.05, 0.1) is 0 Å². The normalized spacial score (nSPS) is 11.7. The van der Waals surface area contributed by atoms with Crippen LogP contribution in [0, 0.1) is 6.92 Å². The standard InChI is InChI=1S/C12H19NS/c1-10-9-11(5-7-13-10)6-8-14-12(2,3)4/h5,7,9H,6,8H2,1-4H3. The van der Waals surface area contributed by atoms with Gasteiger partial charge >= 0.3 is 0 Å². The maximum atomic E-state index is 4.19. The first-order chi connectivity index (χ1) is 6.47. The van der Waals surface area contributed by atoms with E-state index in [9.17, 15) is 0 Å². The van der Waals surface area contributed by atoms with Crippen molar-refractivity contribution in [3.8, 4) is 0 Å². The van der Waals surface area contributed by atoms with Crippen LogP contribution in [-0.2, 0) is 6.42 Å². The van der Waals surface area contributed by atoms with Crippen molar-refractivity contribution in [3.05, 3.63) is 29.6 Å². The first kappa shape index (κ1) is 11.6. The van der Waals surface area contributed by atoms with Crippen LogP contribution in [0.5, 0.6) is 0 Å². The molecule has 2 heteroatoms. The molecule has 0 bridgehead atoms. The zero-order valence-electron chi connectivity index (χ0n) is 9.50. The van der Waals surface area contributed by atoms with Crippen molar-refractivity contribution in [1.82, 2.24) is 4.98 Å². The first-order valence-corrected chi connectivity index (χ1v) is 6.01. The molecular formula is C12H19NS. The second kappa shape index (κ2) is 4.83. The Balaban J connectivity index is 2.39. The Hall–Kier alpha value is -0.500. The third-order valence-corrected chi connectivity index (χ3v) is 3.16. The summed E-state index contributed by atoms with van der Waals surface area (Å²) in [6, 6.07) is 4.28. The molecule has 0 spiro atoms. The fourth-order valence-corrected chi connectivity index (χ4v) is 2.18. The van der Waals surface area contributed by atoms with Gasteiger partial charge in [0.25, 0.3) is 0 Å². The van der Waals surface area contributed by atoms with Gasteiger partial charge in [-0.3, -0.25) is 4.98 Å². The molecule has 0 aliphatic rings. The molecule has 1 nitrogen and oxygen atoms in total. The summed E-state index contributed by atoms with van der Waals surface area (Å²) < 4.78 is 0.377. The highest BCUT2D eigenvalue weighted by Crippen LogP contribution is 2.23. The maximum Gasteiger partial charge on any atom is 0.0375 e. The van der Waals surface area contributed by atoms with Crippen LogP contribution in [0.4, 0.5) is 0 Å². The molecule has 1 heterocycles. The minimum absolute atomic E-state index is 0.377. The quantitative estimate of drug-likeness (QED) is 0.756. The van der Waals surface area contributed by atoms with E-state index < -0.39 is 0 Å². The van der Waals surface area contributed by atoms with Crippen molar-refractivity contribution in [2.24, 2.45) is 0 Å². The van der Waals surface area contributed by atoms with Crippen molar-refractivity contribution in [2.75, 3.05) is 5.75 Å². The summed E-state index contributed by atoms with van der Waals surface area (Å²) in [5, 5.41) is 0. The molecule has 0 saturated carbocycles. The predicted molar refractivity (Wildman–Crippen MR) is 64.9 cm³/mol. The monoisotopic (exact) mass is 209 g/mol. The number of nitrogens with zero attached hydrogens (tertiary/aromatic N) is 1. The number of rotatable bonds is 3. The summed E-state index contributed by atoms with van der Waals surface area (Å²) in [6.07, 6.45) is 3.04. The van der Waals surface area contributed by atoms with Crippen molar-refractivity contribution >= 4 is 11.8 Å². The van der Waals surface area contributed by atoms with E-state index in [0.29, 0.717) is 4.75 Å². The Morgan fingerprint density at radius 1 is 1.36 bits per heavy atom. The van der Waals surface area contributed by atoms with Crippen LogP contribution in [0.1, 0.15) is 32.0 Å². The fourth-order valence-electron chi connectivity index (χ4n) is 1.23. The van der Waals surface area contributed by atoms with E-state index in [2.05, 4.69) is 37.9 Å². The lowest BCUT2D eigenvalue weighted by Crippen LogP contribution is -2.09. The molecule has 0 saturated heterocycles. The minimum atomic E-state index is 0.377. The zero-order chi connectivity index (χ0) is 10.6. The van der Waals surface area contributed by atoms with Crippen molar-refractivity contribution in [2.45, 2.75) is 38.9 Å². The molecule has 0 unspecified atom stereocenters. The molecule has 0 fully saturated rings. The van der Waals surface area contributed by atoms with E-state index >= 15 is 0 Å². The number of pyridine rings is 1. The summed E-state index contributed by atoms with van der Waals surface area (Å²) in [5.74, 6) is 1.19. The Kier molecular flexibility index (Phi) is 3.99. The molecule has 0 aliphatic carbocycles. The Labute approximate surface area is 91.3 Å². The van der Waals surface area contributed by atoms with Crippen LogP contribution in [0.2, 0.25) is 0 Å². The second-order valence-corrected chi connectivity index (χ2v) is 6.44. The Morgan fingerprint density at radius 3 is 2.64 bits per heavy atom. The van der Waals surface area contributed by atoms with Gasteiger partial charge in [-0.2, -0.15) is 11.8 Å². The van der Waals surface area contributed by atoms with Crippen LogP contribution in [-0.4, -0.2) is 15.5 Å². The maximum absolute atomic E-state index is 4.19. The van der Waals surface area contributed by atoms with Gasteiger partial charge < -0.3 is 0 Å². The Morgan fingerprint density at radius 2 is 2.07 bits per heavy atom. The van der Waals surface area contributed by atoms with E-state index in [4.69, 9.17) is 0 Å². The van der Waals surface area contributed by atoms with E-state index in [1.54, 1.807) is 0 Å². The highest BCUT2D eigenvalue weighted by Gasteiger charge is 2.09. The molecule has 0 N–H and O–H groups in total. The van der Waals surface area contributed by atoms with Crippen molar-refractivity contribution in [3.63, 3.8) is 0 Å². The highest BCUT2D eigenvalue weighted by atomic mass is 32.2. The molecular weight excluding hydrogens is 190 g/mol. The molecule has 0 amide bonds. The molecule has 1 aromatic heterocycles. The highest BCUT2D eigenvalue weighted by molar-refractivity contribution is 8.00. The lowest BCUT2D eigenvalue weighted by atomic mass is 10.2. The van der Waals surface area contributed by atoms with Gasteiger partial charge in [0.1, 0.15) is 0 Å². The summed E-state index contributed by atoms with van der Waals surface area (Å²) in [6.45, 7) is 8.82. The average Bonchev–Trinajstić information content (AvgIpc) is 2.01. The van der Waals surface area contributed by atoms with Crippen molar-refractivity contribution in [1.29, 1.82) is 0 Å². The van der Waals surface area contributed by atoms with Gasteiger partial charge in [0.2, 0.25) is 0 Å². The molecule has 0 aliphatic heterocycles. The summed E-state index contributed by atoms with van der Waals surface area (Å²) >= 11 is 2.01. The lowest BCUT2D eigenvalue weighted by molar-refractivity contribution is 0.801. The number of aromatic nitrogens is 1. The van der Waals surface area contributed by atoms with Gasteiger partial charge in [-0.15, -0.1) is 0 Å². The molecule has 78 valence electrons. The summed E-state index contributed by atoms with van der Waals surface area (Å²) in [5.41, 5.74) is 2.51. The van der Waals surface area contributed by atoms with E-state index in [0.717, 1.165) is 12.1 Å².